The highest BCUT2D eigenvalue weighted by atomic mass is 32.1. The molecule has 0 radical (unpaired) electrons. The maximum atomic E-state index is 5.17. The molecule has 0 saturated heterocycles. The average Bonchev–Trinajstić information content (AvgIpc) is 2.40. The standard InChI is InChI=1S/C9H11NS/c1-3-6-10(2)8-9-5-4-7-11-9/h1,4-5,7H,6,8H2,2H3. The number of thiophene rings is 1. The minimum Gasteiger partial charge on any atom is -0.290 e. The Bertz CT molecular complexity index is 233. The van der Waals surface area contributed by atoms with E-state index < -0.39 is 0 Å². The number of nitrogens with zero attached hydrogens (tertiary/aromatic N) is 1. The third kappa shape index (κ3) is 2.75. The second kappa shape index (κ2) is 4.17. The van der Waals surface area contributed by atoms with Gasteiger partial charge in [-0.05, 0) is 18.5 Å². The molecule has 11 heavy (non-hydrogen) atoms. The summed E-state index contributed by atoms with van der Waals surface area (Å²) >= 11 is 1.77. The molecule has 0 aliphatic rings. The second-order valence-corrected chi connectivity index (χ2v) is 3.49. The van der Waals surface area contributed by atoms with E-state index >= 15 is 0 Å². The van der Waals surface area contributed by atoms with E-state index in [2.05, 4.69) is 28.3 Å². The van der Waals surface area contributed by atoms with E-state index in [1.807, 2.05) is 7.05 Å². The number of terminal acetylenes is 1. The third-order valence-corrected chi connectivity index (χ3v) is 2.23. The first-order valence-electron chi connectivity index (χ1n) is 3.47. The van der Waals surface area contributed by atoms with Gasteiger partial charge >= 0.3 is 0 Å². The van der Waals surface area contributed by atoms with Crippen LogP contribution >= 0.6 is 11.3 Å². The highest BCUT2D eigenvalue weighted by Crippen LogP contribution is 2.09. The summed E-state index contributed by atoms with van der Waals surface area (Å²) in [5.41, 5.74) is 0. The third-order valence-electron chi connectivity index (χ3n) is 1.37. The highest BCUT2D eigenvalue weighted by molar-refractivity contribution is 7.09. The maximum Gasteiger partial charge on any atom is 0.0599 e. The molecular formula is C9H11NS. The van der Waals surface area contributed by atoms with Gasteiger partial charge in [-0.3, -0.25) is 4.90 Å². The molecule has 58 valence electrons. The van der Waals surface area contributed by atoms with Gasteiger partial charge in [0.2, 0.25) is 0 Å². The number of rotatable bonds is 3. The van der Waals surface area contributed by atoms with Gasteiger partial charge in [0.15, 0.2) is 0 Å². The lowest BCUT2D eigenvalue weighted by Gasteiger charge is -2.10. The van der Waals surface area contributed by atoms with Crippen LogP contribution in [0.4, 0.5) is 0 Å². The molecule has 0 fully saturated rings. The van der Waals surface area contributed by atoms with Gasteiger partial charge in [0.05, 0.1) is 6.54 Å². The first-order chi connectivity index (χ1) is 5.33. The molecule has 1 aromatic rings. The first-order valence-corrected chi connectivity index (χ1v) is 4.35. The summed E-state index contributed by atoms with van der Waals surface area (Å²) < 4.78 is 0. The van der Waals surface area contributed by atoms with Gasteiger partial charge in [0.1, 0.15) is 0 Å². The lowest BCUT2D eigenvalue weighted by molar-refractivity contribution is 0.372. The van der Waals surface area contributed by atoms with E-state index in [0.717, 1.165) is 13.1 Å². The second-order valence-electron chi connectivity index (χ2n) is 2.46. The topological polar surface area (TPSA) is 3.24 Å². The Labute approximate surface area is 71.7 Å². The van der Waals surface area contributed by atoms with Crippen LogP contribution in [0, 0.1) is 12.3 Å². The van der Waals surface area contributed by atoms with E-state index in [1.54, 1.807) is 11.3 Å². The summed E-state index contributed by atoms with van der Waals surface area (Å²) in [7, 11) is 2.03. The number of hydrogen-bond donors (Lipinski definition) is 0. The van der Waals surface area contributed by atoms with E-state index in [1.165, 1.54) is 4.88 Å². The maximum absolute atomic E-state index is 5.17. The zero-order chi connectivity index (χ0) is 8.10. The van der Waals surface area contributed by atoms with Crippen LogP contribution in [0.25, 0.3) is 0 Å². The molecule has 0 bridgehead atoms. The Kier molecular flexibility index (Phi) is 3.15. The molecule has 2 heteroatoms. The van der Waals surface area contributed by atoms with Gasteiger partial charge in [0.25, 0.3) is 0 Å². The van der Waals surface area contributed by atoms with Crippen LogP contribution in [0.2, 0.25) is 0 Å². The van der Waals surface area contributed by atoms with Crippen LogP contribution in [0.15, 0.2) is 17.5 Å². The Morgan fingerprint density at radius 1 is 1.73 bits per heavy atom. The van der Waals surface area contributed by atoms with Crippen molar-refractivity contribution in [2.75, 3.05) is 13.6 Å². The van der Waals surface area contributed by atoms with Crippen molar-refractivity contribution < 1.29 is 0 Å². The van der Waals surface area contributed by atoms with Crippen molar-refractivity contribution in [2.45, 2.75) is 6.54 Å². The lowest BCUT2D eigenvalue weighted by Crippen LogP contribution is -2.16. The minimum absolute atomic E-state index is 0.720. The predicted octanol–water partition coefficient (Wildman–Crippen LogP) is 1.81. The van der Waals surface area contributed by atoms with Crippen LogP contribution in [0.3, 0.4) is 0 Å². The van der Waals surface area contributed by atoms with Gasteiger partial charge in [-0.25, -0.2) is 0 Å². The summed E-state index contributed by atoms with van der Waals surface area (Å²) in [5.74, 6) is 2.61. The quantitative estimate of drug-likeness (QED) is 0.617. The SMILES string of the molecule is C#CCN(C)Cc1cccs1. The van der Waals surface area contributed by atoms with Crippen molar-refractivity contribution in [3.8, 4) is 12.3 Å². The number of hydrogen-bond acceptors (Lipinski definition) is 2. The summed E-state index contributed by atoms with van der Waals surface area (Å²) in [5, 5.41) is 2.08. The fourth-order valence-electron chi connectivity index (χ4n) is 0.880. The largest absolute Gasteiger partial charge is 0.290 e. The highest BCUT2D eigenvalue weighted by Gasteiger charge is 1.97. The van der Waals surface area contributed by atoms with Crippen molar-refractivity contribution in [3.05, 3.63) is 22.4 Å². The molecule has 0 atom stereocenters. The van der Waals surface area contributed by atoms with Crippen molar-refractivity contribution in [3.63, 3.8) is 0 Å². The molecule has 0 unspecified atom stereocenters. The fraction of sp³-hybridized carbons (Fsp3) is 0.333. The summed E-state index contributed by atoms with van der Waals surface area (Å²) in [6.07, 6.45) is 5.17. The van der Waals surface area contributed by atoms with Gasteiger partial charge < -0.3 is 0 Å². The predicted molar refractivity (Wildman–Crippen MR) is 49.5 cm³/mol. The lowest BCUT2D eigenvalue weighted by atomic mass is 10.4. The monoisotopic (exact) mass is 165 g/mol. The molecule has 0 amide bonds. The molecule has 0 N–H and O–H groups in total. The van der Waals surface area contributed by atoms with Crippen molar-refractivity contribution in [1.29, 1.82) is 0 Å². The Balaban J connectivity index is 2.38. The van der Waals surface area contributed by atoms with Crippen LogP contribution < -0.4 is 0 Å². The van der Waals surface area contributed by atoms with Gasteiger partial charge in [-0.2, -0.15) is 0 Å². The van der Waals surface area contributed by atoms with Crippen molar-refractivity contribution in [1.82, 2.24) is 4.90 Å². The minimum atomic E-state index is 0.720. The van der Waals surface area contributed by atoms with E-state index in [0.29, 0.717) is 0 Å². The normalized spacial score (nSPS) is 9.91. The van der Waals surface area contributed by atoms with Crippen LogP contribution in [-0.4, -0.2) is 18.5 Å². The van der Waals surface area contributed by atoms with E-state index in [9.17, 15) is 0 Å². The van der Waals surface area contributed by atoms with Crippen molar-refractivity contribution in [2.24, 2.45) is 0 Å². The van der Waals surface area contributed by atoms with Gasteiger partial charge in [-0.1, -0.05) is 12.0 Å². The summed E-state index contributed by atoms with van der Waals surface area (Å²) in [4.78, 5) is 3.48. The molecule has 0 saturated carbocycles. The molecule has 0 aliphatic carbocycles. The smallest absolute Gasteiger partial charge is 0.0599 e. The molecule has 0 aliphatic heterocycles. The summed E-state index contributed by atoms with van der Waals surface area (Å²) in [6.45, 7) is 1.68. The van der Waals surface area contributed by atoms with Crippen LogP contribution in [0.1, 0.15) is 4.88 Å². The zero-order valence-electron chi connectivity index (χ0n) is 6.58. The molecule has 0 aromatic carbocycles. The van der Waals surface area contributed by atoms with E-state index in [-0.39, 0.29) is 0 Å². The van der Waals surface area contributed by atoms with Gasteiger partial charge in [0, 0.05) is 11.4 Å². The van der Waals surface area contributed by atoms with E-state index in [4.69, 9.17) is 6.42 Å². The average molecular weight is 165 g/mol. The fourth-order valence-corrected chi connectivity index (χ4v) is 1.66. The van der Waals surface area contributed by atoms with Crippen LogP contribution in [0.5, 0.6) is 0 Å². The molecule has 0 spiro atoms. The Morgan fingerprint density at radius 2 is 2.55 bits per heavy atom. The Hall–Kier alpha value is -0.780. The molecular weight excluding hydrogens is 154 g/mol. The molecule has 1 heterocycles. The zero-order valence-corrected chi connectivity index (χ0v) is 7.40. The molecule has 1 rings (SSSR count). The van der Waals surface area contributed by atoms with Crippen molar-refractivity contribution >= 4 is 11.3 Å². The van der Waals surface area contributed by atoms with Crippen LogP contribution in [-0.2, 0) is 6.54 Å². The molecule has 1 aromatic heterocycles. The Morgan fingerprint density at radius 3 is 3.09 bits per heavy atom. The first kappa shape index (κ1) is 8.32. The molecule has 1 nitrogen and oxygen atoms in total. The van der Waals surface area contributed by atoms with Gasteiger partial charge in [-0.15, -0.1) is 17.8 Å². The summed E-state index contributed by atoms with van der Waals surface area (Å²) in [6, 6.07) is 4.18.